The van der Waals surface area contributed by atoms with Crippen LogP contribution in [0.2, 0.25) is 0 Å². The average molecular weight is 269 g/mol. The Balaban J connectivity index is 1.87. The first-order valence-electron chi connectivity index (χ1n) is 6.64. The number of aromatic nitrogens is 2. The zero-order chi connectivity index (χ0) is 13.0. The number of nitrogens with one attached hydrogen (secondary N) is 1. The molecule has 0 spiro atoms. The van der Waals surface area contributed by atoms with Gasteiger partial charge in [-0.1, -0.05) is 11.3 Å². The molecule has 0 saturated carbocycles. The Labute approximate surface area is 113 Å². The predicted octanol–water partition coefficient (Wildman–Crippen LogP) is 1.50. The Morgan fingerprint density at radius 2 is 2.33 bits per heavy atom. The van der Waals surface area contributed by atoms with Crippen molar-refractivity contribution in [1.82, 2.24) is 20.0 Å². The minimum absolute atomic E-state index is 0.648. The van der Waals surface area contributed by atoms with Crippen LogP contribution in [0.15, 0.2) is 0 Å². The lowest BCUT2D eigenvalue weighted by Crippen LogP contribution is -2.44. The van der Waals surface area contributed by atoms with Crippen LogP contribution in [0, 0.1) is 0 Å². The van der Waals surface area contributed by atoms with Gasteiger partial charge in [-0.25, -0.2) is 0 Å². The molecule has 1 aromatic heterocycles. The number of rotatable bonds is 5. The maximum Gasteiger partial charge on any atom is 0.205 e. The molecule has 1 fully saturated rings. The SMILES string of the molecule is CCNc1nnc(CN(C)C2CCCN(C)C2)s1. The first-order chi connectivity index (χ1) is 8.69. The van der Waals surface area contributed by atoms with E-state index in [4.69, 9.17) is 0 Å². The zero-order valence-electron chi connectivity index (χ0n) is 11.5. The van der Waals surface area contributed by atoms with Gasteiger partial charge >= 0.3 is 0 Å². The van der Waals surface area contributed by atoms with Gasteiger partial charge < -0.3 is 10.2 Å². The summed E-state index contributed by atoms with van der Waals surface area (Å²) in [7, 11) is 4.40. The largest absolute Gasteiger partial charge is 0.360 e. The third-order valence-corrected chi connectivity index (χ3v) is 4.27. The second-order valence-corrected chi connectivity index (χ2v) is 6.07. The summed E-state index contributed by atoms with van der Waals surface area (Å²) in [6.07, 6.45) is 2.59. The summed E-state index contributed by atoms with van der Waals surface area (Å²) in [5.41, 5.74) is 0. The molecule has 1 aliphatic heterocycles. The maximum absolute atomic E-state index is 4.24. The van der Waals surface area contributed by atoms with Gasteiger partial charge in [0.25, 0.3) is 0 Å². The van der Waals surface area contributed by atoms with Crippen molar-refractivity contribution in [2.75, 3.05) is 39.0 Å². The van der Waals surface area contributed by atoms with Gasteiger partial charge in [0.05, 0.1) is 6.54 Å². The summed E-state index contributed by atoms with van der Waals surface area (Å²) in [4.78, 5) is 4.82. The fourth-order valence-corrected chi connectivity index (χ4v) is 3.25. The van der Waals surface area contributed by atoms with Crippen molar-refractivity contribution in [3.63, 3.8) is 0 Å². The Kier molecular flexibility index (Phi) is 4.91. The van der Waals surface area contributed by atoms with E-state index < -0.39 is 0 Å². The van der Waals surface area contributed by atoms with E-state index in [2.05, 4.69) is 46.3 Å². The molecule has 1 aliphatic rings. The molecule has 1 N–H and O–H groups in total. The average Bonchev–Trinajstić information content (AvgIpc) is 2.77. The summed E-state index contributed by atoms with van der Waals surface area (Å²) in [5.74, 6) is 0. The van der Waals surface area contributed by atoms with E-state index >= 15 is 0 Å². The smallest absolute Gasteiger partial charge is 0.205 e. The highest BCUT2D eigenvalue weighted by molar-refractivity contribution is 7.15. The lowest BCUT2D eigenvalue weighted by Gasteiger charge is -2.35. The van der Waals surface area contributed by atoms with Crippen molar-refractivity contribution >= 4 is 16.5 Å². The van der Waals surface area contributed by atoms with Crippen molar-refractivity contribution in [1.29, 1.82) is 0 Å². The number of piperidine rings is 1. The van der Waals surface area contributed by atoms with Gasteiger partial charge in [0, 0.05) is 19.1 Å². The first kappa shape index (κ1) is 13.7. The van der Waals surface area contributed by atoms with Gasteiger partial charge in [0.2, 0.25) is 5.13 Å². The van der Waals surface area contributed by atoms with Gasteiger partial charge in [-0.15, -0.1) is 10.2 Å². The molecule has 5 nitrogen and oxygen atoms in total. The Hall–Kier alpha value is -0.720. The van der Waals surface area contributed by atoms with E-state index in [1.54, 1.807) is 11.3 Å². The second kappa shape index (κ2) is 6.45. The molecule has 102 valence electrons. The molecule has 2 heterocycles. The number of likely N-dealkylation sites (tertiary alicyclic amines) is 1. The standard InChI is InChI=1S/C12H23N5S/c1-4-13-12-15-14-11(18-12)9-17(3)10-6-5-7-16(2)8-10/h10H,4-9H2,1-3H3,(H,13,15). The van der Waals surface area contributed by atoms with E-state index in [1.165, 1.54) is 19.4 Å². The van der Waals surface area contributed by atoms with Crippen molar-refractivity contribution in [3.8, 4) is 0 Å². The van der Waals surface area contributed by atoms with Crippen LogP contribution in [-0.4, -0.2) is 59.8 Å². The van der Waals surface area contributed by atoms with Crippen molar-refractivity contribution in [2.24, 2.45) is 0 Å². The highest BCUT2D eigenvalue weighted by Crippen LogP contribution is 2.19. The minimum atomic E-state index is 0.648. The molecule has 1 atom stereocenters. The van der Waals surface area contributed by atoms with Gasteiger partial charge in [-0.2, -0.15) is 0 Å². The van der Waals surface area contributed by atoms with E-state index in [1.807, 2.05) is 0 Å². The molecule has 1 saturated heterocycles. The molecule has 0 amide bonds. The van der Waals surface area contributed by atoms with Crippen LogP contribution < -0.4 is 5.32 Å². The molecule has 0 aromatic carbocycles. The molecule has 0 radical (unpaired) electrons. The molecule has 0 bridgehead atoms. The normalized spacial score (nSPS) is 21.4. The second-order valence-electron chi connectivity index (χ2n) is 5.00. The van der Waals surface area contributed by atoms with Crippen LogP contribution in [0.1, 0.15) is 24.8 Å². The fraction of sp³-hybridized carbons (Fsp3) is 0.833. The molecule has 1 unspecified atom stereocenters. The number of nitrogens with zero attached hydrogens (tertiary/aromatic N) is 4. The fourth-order valence-electron chi connectivity index (χ4n) is 2.38. The number of hydrogen-bond acceptors (Lipinski definition) is 6. The van der Waals surface area contributed by atoms with E-state index in [-0.39, 0.29) is 0 Å². The van der Waals surface area contributed by atoms with Gasteiger partial charge in [0.15, 0.2) is 0 Å². The van der Waals surface area contributed by atoms with Gasteiger partial charge in [-0.3, -0.25) is 4.90 Å². The Morgan fingerprint density at radius 1 is 1.50 bits per heavy atom. The lowest BCUT2D eigenvalue weighted by molar-refractivity contribution is 0.129. The summed E-state index contributed by atoms with van der Waals surface area (Å²) in [6.45, 7) is 6.27. The summed E-state index contributed by atoms with van der Waals surface area (Å²) >= 11 is 1.66. The van der Waals surface area contributed by atoms with Crippen LogP contribution >= 0.6 is 11.3 Å². The molecule has 6 heteroatoms. The van der Waals surface area contributed by atoms with E-state index in [0.717, 1.165) is 29.8 Å². The van der Waals surface area contributed by atoms with E-state index in [9.17, 15) is 0 Å². The van der Waals surface area contributed by atoms with Crippen molar-refractivity contribution in [2.45, 2.75) is 32.4 Å². The summed E-state index contributed by atoms with van der Waals surface area (Å²) in [6, 6.07) is 0.648. The monoisotopic (exact) mass is 269 g/mol. The topological polar surface area (TPSA) is 44.3 Å². The lowest BCUT2D eigenvalue weighted by atomic mass is 10.1. The maximum atomic E-state index is 4.24. The molecular formula is C12H23N5S. The third-order valence-electron chi connectivity index (χ3n) is 3.40. The van der Waals surface area contributed by atoms with Gasteiger partial charge in [0.1, 0.15) is 5.01 Å². The highest BCUT2D eigenvalue weighted by atomic mass is 32.1. The number of anilines is 1. The number of likely N-dealkylation sites (N-methyl/N-ethyl adjacent to an activating group) is 2. The van der Waals surface area contributed by atoms with Crippen LogP contribution in [0.5, 0.6) is 0 Å². The molecule has 2 rings (SSSR count). The Morgan fingerprint density at radius 3 is 3.06 bits per heavy atom. The van der Waals surface area contributed by atoms with Crippen LogP contribution in [0.3, 0.4) is 0 Å². The first-order valence-corrected chi connectivity index (χ1v) is 7.45. The van der Waals surface area contributed by atoms with E-state index in [0.29, 0.717) is 6.04 Å². The van der Waals surface area contributed by atoms with Crippen molar-refractivity contribution in [3.05, 3.63) is 5.01 Å². The molecule has 0 aliphatic carbocycles. The Bertz CT molecular complexity index is 367. The van der Waals surface area contributed by atoms with Gasteiger partial charge in [-0.05, 0) is 40.4 Å². The predicted molar refractivity (Wildman–Crippen MR) is 76.1 cm³/mol. The van der Waals surface area contributed by atoms with Crippen molar-refractivity contribution < 1.29 is 0 Å². The zero-order valence-corrected chi connectivity index (χ0v) is 12.3. The number of hydrogen-bond donors (Lipinski definition) is 1. The molecule has 1 aromatic rings. The summed E-state index contributed by atoms with van der Waals surface area (Å²) in [5, 5.41) is 13.6. The molecule has 18 heavy (non-hydrogen) atoms. The molecular weight excluding hydrogens is 246 g/mol. The quantitative estimate of drug-likeness (QED) is 0.877. The van der Waals surface area contributed by atoms with Crippen LogP contribution in [0.25, 0.3) is 0 Å². The van der Waals surface area contributed by atoms with Crippen LogP contribution in [-0.2, 0) is 6.54 Å². The third kappa shape index (κ3) is 3.63. The van der Waals surface area contributed by atoms with Crippen LogP contribution in [0.4, 0.5) is 5.13 Å². The highest BCUT2D eigenvalue weighted by Gasteiger charge is 2.21. The minimum Gasteiger partial charge on any atom is -0.360 e. The summed E-state index contributed by atoms with van der Waals surface area (Å²) < 4.78 is 0.